The number of hydrogen-bond acceptors (Lipinski definition) is 2. The molecule has 2 nitrogen and oxygen atoms in total. The average molecular weight is 528 g/mol. The molecule has 197 valence electrons. The Morgan fingerprint density at radius 1 is 0.615 bits per heavy atom. The topological polar surface area (TPSA) is 6.48 Å². The van der Waals surface area contributed by atoms with Gasteiger partial charge in [-0.1, -0.05) is 97.1 Å². The van der Waals surface area contributed by atoms with E-state index in [0.717, 1.165) is 6.42 Å². The van der Waals surface area contributed by atoms with Crippen molar-refractivity contribution in [3.63, 3.8) is 0 Å². The van der Waals surface area contributed by atoms with Crippen LogP contribution >= 0.6 is 0 Å². The highest BCUT2D eigenvalue weighted by atomic mass is 28.3. The van der Waals surface area contributed by atoms with E-state index in [1.54, 1.807) is 0 Å². The van der Waals surface area contributed by atoms with E-state index in [4.69, 9.17) is 0 Å². The molecule has 3 heteroatoms. The van der Waals surface area contributed by atoms with Gasteiger partial charge < -0.3 is 9.80 Å². The van der Waals surface area contributed by atoms with Crippen LogP contribution in [0, 0.1) is 0 Å². The van der Waals surface area contributed by atoms with E-state index in [0.29, 0.717) is 5.54 Å². The predicted octanol–water partition coefficient (Wildman–Crippen LogP) is 9.66. The molecule has 0 saturated heterocycles. The van der Waals surface area contributed by atoms with Gasteiger partial charge in [-0.25, -0.2) is 0 Å². The summed E-state index contributed by atoms with van der Waals surface area (Å²) in [7, 11) is 3.92. The highest BCUT2D eigenvalue weighted by Crippen LogP contribution is 2.43. The van der Waals surface area contributed by atoms with Gasteiger partial charge in [0.05, 0.1) is 8.80 Å². The molecule has 0 bridgehead atoms. The van der Waals surface area contributed by atoms with Gasteiger partial charge in [0.25, 0.3) is 0 Å². The third-order valence-electron chi connectivity index (χ3n) is 7.88. The van der Waals surface area contributed by atoms with Gasteiger partial charge in [0.2, 0.25) is 0 Å². The normalized spacial score (nSPS) is 15.1. The Morgan fingerprint density at radius 2 is 1.15 bits per heavy atom. The molecule has 2 aliphatic rings. The molecule has 0 fully saturated rings. The largest absolute Gasteiger partial charge is 0.344 e. The van der Waals surface area contributed by atoms with Gasteiger partial charge in [-0.2, -0.15) is 0 Å². The van der Waals surface area contributed by atoms with Gasteiger partial charge in [-0.15, -0.1) is 0 Å². The molecule has 1 unspecified atom stereocenters. The lowest BCUT2D eigenvalue weighted by molar-refractivity contribution is 1.10. The Kier molecular flexibility index (Phi) is 7.90. The van der Waals surface area contributed by atoms with E-state index in [1.807, 2.05) is 0 Å². The van der Waals surface area contributed by atoms with Crippen LogP contribution in [0.4, 0.5) is 22.7 Å². The average Bonchev–Trinajstić information content (AvgIpc) is 3.51. The van der Waals surface area contributed by atoms with E-state index in [2.05, 4.69) is 160 Å². The van der Waals surface area contributed by atoms with Crippen LogP contribution in [0.1, 0.15) is 41.6 Å². The van der Waals surface area contributed by atoms with Gasteiger partial charge in [0.15, 0.2) is 0 Å². The second-order valence-electron chi connectivity index (χ2n) is 11.0. The highest BCUT2D eigenvalue weighted by molar-refractivity contribution is 6.58. The maximum atomic E-state index is 2.41. The number of fused-ring (bicyclic) bond motifs is 2. The molecule has 0 aliphatic heterocycles. The Bertz CT molecular complexity index is 1500. The number of para-hydroxylation sites is 2. The Balaban J connectivity index is 0.000000160. The van der Waals surface area contributed by atoms with Crippen molar-refractivity contribution in [1.29, 1.82) is 0 Å². The van der Waals surface area contributed by atoms with Crippen LogP contribution < -0.4 is 9.80 Å². The summed E-state index contributed by atoms with van der Waals surface area (Å²) in [6.45, 7) is 9.31. The summed E-state index contributed by atoms with van der Waals surface area (Å²) >= 11 is 0. The van der Waals surface area contributed by atoms with Gasteiger partial charge >= 0.3 is 0 Å². The van der Waals surface area contributed by atoms with Crippen molar-refractivity contribution in [1.82, 2.24) is 0 Å². The standard InChI is InChI=1S/C19H22NSi.C17H17N/c1-14-13-17-16(19(14)21(3)4)11-8-12-18(17)20(2)15-9-6-5-7-10-15;1-13-11-14-7-6-10-17(16(14)12-13)18(2)15-8-4-3-5-9-15/h5-13,19H,1-4H3;3-10,12H,11H2,1-2H3. The predicted molar refractivity (Wildman–Crippen MR) is 173 cm³/mol. The molecule has 0 N–H and O–H groups in total. The Morgan fingerprint density at radius 3 is 1.72 bits per heavy atom. The van der Waals surface area contributed by atoms with Crippen molar-refractivity contribution in [3.8, 4) is 0 Å². The zero-order valence-electron chi connectivity index (χ0n) is 24.1. The molecule has 0 saturated carbocycles. The van der Waals surface area contributed by atoms with Crippen LogP contribution in [0.15, 0.2) is 108 Å². The first-order valence-electron chi connectivity index (χ1n) is 13.8. The number of rotatable bonds is 5. The molecule has 39 heavy (non-hydrogen) atoms. The van der Waals surface area contributed by atoms with Gasteiger partial charge in [0.1, 0.15) is 0 Å². The molecular weight excluding hydrogens is 488 g/mol. The van der Waals surface area contributed by atoms with Crippen molar-refractivity contribution in [3.05, 3.63) is 130 Å². The van der Waals surface area contributed by atoms with Crippen LogP contribution in [0.25, 0.3) is 12.2 Å². The molecule has 1 atom stereocenters. The lowest BCUT2D eigenvalue weighted by Crippen LogP contribution is -2.16. The molecule has 4 aromatic carbocycles. The fraction of sp³-hybridized carbons (Fsp3) is 0.222. The Labute approximate surface area is 236 Å². The monoisotopic (exact) mass is 527 g/mol. The second-order valence-corrected chi connectivity index (χ2v) is 13.7. The molecule has 4 aromatic rings. The summed E-state index contributed by atoms with van der Waals surface area (Å²) in [4.78, 5) is 4.55. The first-order valence-corrected chi connectivity index (χ1v) is 16.4. The molecular formula is C36H39N2Si. The SMILES string of the molecule is CC1=Cc2c(cccc2N(C)c2ccccc2)C1.CC1=Cc2c(cccc2N(C)c2ccccc2)C1[Si](C)C. The van der Waals surface area contributed by atoms with Crippen molar-refractivity contribution in [2.24, 2.45) is 0 Å². The molecule has 0 heterocycles. The number of hydrogen-bond donors (Lipinski definition) is 0. The summed E-state index contributed by atoms with van der Waals surface area (Å²) in [5.74, 6) is 0. The van der Waals surface area contributed by atoms with Gasteiger partial charge in [-0.05, 0) is 73.3 Å². The smallest absolute Gasteiger partial charge is 0.0551 e. The maximum absolute atomic E-state index is 2.41. The minimum atomic E-state index is -0.365. The molecule has 0 amide bonds. The minimum absolute atomic E-state index is 0.365. The number of benzene rings is 4. The minimum Gasteiger partial charge on any atom is -0.344 e. The summed E-state index contributed by atoms with van der Waals surface area (Å²) in [6, 6.07) is 34.4. The van der Waals surface area contributed by atoms with Crippen LogP contribution in [0.2, 0.25) is 13.1 Å². The van der Waals surface area contributed by atoms with E-state index in [1.165, 1.54) is 56.1 Å². The van der Waals surface area contributed by atoms with Crippen molar-refractivity contribution < 1.29 is 0 Å². The van der Waals surface area contributed by atoms with E-state index >= 15 is 0 Å². The first kappa shape index (κ1) is 26.8. The van der Waals surface area contributed by atoms with Crippen LogP contribution in [0.3, 0.4) is 0 Å². The van der Waals surface area contributed by atoms with Gasteiger partial charge in [0, 0.05) is 48.0 Å². The van der Waals surface area contributed by atoms with Crippen molar-refractivity contribution in [2.45, 2.75) is 38.9 Å². The third kappa shape index (κ3) is 5.50. The van der Waals surface area contributed by atoms with Crippen LogP contribution in [0.5, 0.6) is 0 Å². The summed E-state index contributed by atoms with van der Waals surface area (Å²) in [5.41, 5.74) is 14.4. The number of nitrogens with zero attached hydrogens (tertiary/aromatic N) is 2. The van der Waals surface area contributed by atoms with E-state index < -0.39 is 0 Å². The summed E-state index contributed by atoms with van der Waals surface area (Å²) in [6.07, 6.45) is 5.79. The molecule has 0 aromatic heterocycles. The van der Waals surface area contributed by atoms with E-state index in [9.17, 15) is 0 Å². The second kappa shape index (κ2) is 11.5. The molecule has 2 aliphatic carbocycles. The zero-order chi connectivity index (χ0) is 27.5. The molecule has 6 rings (SSSR count). The highest BCUT2D eigenvalue weighted by Gasteiger charge is 2.28. The number of allylic oxidation sites excluding steroid dienone is 2. The van der Waals surface area contributed by atoms with Crippen molar-refractivity contribution >= 4 is 43.7 Å². The van der Waals surface area contributed by atoms with Crippen molar-refractivity contribution in [2.75, 3.05) is 23.9 Å². The zero-order valence-corrected chi connectivity index (χ0v) is 25.1. The maximum Gasteiger partial charge on any atom is 0.0551 e. The van der Waals surface area contributed by atoms with Gasteiger partial charge in [-0.3, -0.25) is 0 Å². The molecule has 0 spiro atoms. The van der Waals surface area contributed by atoms with E-state index in [-0.39, 0.29) is 8.80 Å². The lowest BCUT2D eigenvalue weighted by atomic mass is 10.1. The van der Waals surface area contributed by atoms with Crippen LogP contribution in [-0.4, -0.2) is 22.9 Å². The summed E-state index contributed by atoms with van der Waals surface area (Å²) < 4.78 is 0. The lowest BCUT2D eigenvalue weighted by Gasteiger charge is -2.23. The quantitative estimate of drug-likeness (QED) is 0.238. The molecule has 1 radical (unpaired) electrons. The Hall–Kier alpha value is -3.82. The fourth-order valence-electron chi connectivity index (χ4n) is 5.99. The third-order valence-corrected chi connectivity index (χ3v) is 9.80. The summed E-state index contributed by atoms with van der Waals surface area (Å²) in [5, 5.41) is 0. The first-order chi connectivity index (χ1) is 18.8. The van der Waals surface area contributed by atoms with Crippen LogP contribution in [-0.2, 0) is 6.42 Å². The fourth-order valence-corrected chi connectivity index (χ4v) is 7.85. The number of anilines is 4.